The van der Waals surface area contributed by atoms with Crippen molar-refractivity contribution in [2.45, 2.75) is 27.7 Å². The van der Waals surface area contributed by atoms with E-state index in [0.29, 0.717) is 0 Å². The van der Waals surface area contributed by atoms with Gasteiger partial charge in [0.25, 0.3) is 0 Å². The SMILES string of the molecule is CN=C(/C(C)=N\N)C(C)(C)C. The molecule has 0 unspecified atom stereocenters. The van der Waals surface area contributed by atoms with E-state index in [9.17, 15) is 0 Å². The van der Waals surface area contributed by atoms with Crippen LogP contribution in [0, 0.1) is 5.41 Å². The third-order valence-electron chi connectivity index (χ3n) is 1.47. The fourth-order valence-electron chi connectivity index (χ4n) is 1.10. The molecule has 0 fully saturated rings. The molecular weight excluding hydrogens is 138 g/mol. The molecule has 0 atom stereocenters. The number of hydrazone groups is 1. The molecule has 0 heterocycles. The van der Waals surface area contributed by atoms with Crippen LogP contribution in [-0.4, -0.2) is 18.5 Å². The second kappa shape index (κ2) is 3.51. The van der Waals surface area contributed by atoms with Crippen molar-refractivity contribution in [2.75, 3.05) is 7.05 Å². The highest BCUT2D eigenvalue weighted by atomic mass is 15.1. The molecule has 0 bridgehead atoms. The summed E-state index contributed by atoms with van der Waals surface area (Å²) in [4.78, 5) is 4.14. The summed E-state index contributed by atoms with van der Waals surface area (Å²) in [6, 6.07) is 0. The van der Waals surface area contributed by atoms with E-state index in [1.165, 1.54) is 0 Å². The van der Waals surface area contributed by atoms with Crippen molar-refractivity contribution in [3.05, 3.63) is 0 Å². The minimum absolute atomic E-state index is 0.0295. The van der Waals surface area contributed by atoms with Crippen molar-refractivity contribution < 1.29 is 0 Å². The summed E-state index contributed by atoms with van der Waals surface area (Å²) >= 11 is 0. The Hall–Kier alpha value is -0.860. The molecule has 0 aromatic carbocycles. The van der Waals surface area contributed by atoms with Crippen molar-refractivity contribution >= 4 is 11.4 Å². The average Bonchev–Trinajstić information content (AvgIpc) is 1.86. The van der Waals surface area contributed by atoms with Crippen LogP contribution in [0.2, 0.25) is 0 Å². The normalized spacial score (nSPS) is 15.4. The molecular formula is C8H17N3. The van der Waals surface area contributed by atoms with Crippen molar-refractivity contribution in [3.63, 3.8) is 0 Å². The van der Waals surface area contributed by atoms with E-state index in [1.54, 1.807) is 7.05 Å². The van der Waals surface area contributed by atoms with Gasteiger partial charge >= 0.3 is 0 Å². The molecule has 2 N–H and O–H groups in total. The predicted molar refractivity (Wildman–Crippen MR) is 50.1 cm³/mol. The molecule has 0 amide bonds. The van der Waals surface area contributed by atoms with E-state index in [0.717, 1.165) is 11.4 Å². The van der Waals surface area contributed by atoms with Crippen LogP contribution >= 0.6 is 0 Å². The van der Waals surface area contributed by atoms with Crippen LogP contribution in [0.25, 0.3) is 0 Å². The van der Waals surface area contributed by atoms with Gasteiger partial charge in [-0.05, 0) is 6.92 Å². The van der Waals surface area contributed by atoms with Gasteiger partial charge in [0.2, 0.25) is 0 Å². The maximum absolute atomic E-state index is 5.15. The second-order valence-electron chi connectivity index (χ2n) is 3.54. The van der Waals surface area contributed by atoms with Crippen molar-refractivity contribution in [3.8, 4) is 0 Å². The summed E-state index contributed by atoms with van der Waals surface area (Å²) in [5, 5.41) is 3.61. The van der Waals surface area contributed by atoms with Crippen LogP contribution in [0.5, 0.6) is 0 Å². The summed E-state index contributed by atoms with van der Waals surface area (Å²) in [7, 11) is 1.76. The largest absolute Gasteiger partial charge is 0.323 e. The van der Waals surface area contributed by atoms with Gasteiger partial charge in [-0.15, -0.1) is 0 Å². The van der Waals surface area contributed by atoms with Gasteiger partial charge in [0, 0.05) is 12.5 Å². The van der Waals surface area contributed by atoms with Gasteiger partial charge in [-0.25, -0.2) is 0 Å². The van der Waals surface area contributed by atoms with E-state index in [4.69, 9.17) is 5.84 Å². The molecule has 0 saturated carbocycles. The van der Waals surface area contributed by atoms with Gasteiger partial charge in [0.1, 0.15) is 0 Å². The molecule has 0 spiro atoms. The molecule has 0 aliphatic carbocycles. The van der Waals surface area contributed by atoms with Crippen LogP contribution in [0.1, 0.15) is 27.7 Å². The Balaban J connectivity index is 4.73. The smallest absolute Gasteiger partial charge is 0.0784 e. The van der Waals surface area contributed by atoms with Gasteiger partial charge < -0.3 is 5.84 Å². The highest BCUT2D eigenvalue weighted by Crippen LogP contribution is 2.16. The fraction of sp³-hybridized carbons (Fsp3) is 0.750. The summed E-state index contributed by atoms with van der Waals surface area (Å²) < 4.78 is 0. The van der Waals surface area contributed by atoms with E-state index in [1.807, 2.05) is 6.92 Å². The predicted octanol–water partition coefficient (Wildman–Crippen LogP) is 1.44. The second-order valence-corrected chi connectivity index (χ2v) is 3.54. The highest BCUT2D eigenvalue weighted by molar-refractivity contribution is 6.43. The maximum atomic E-state index is 5.15. The molecule has 0 aromatic rings. The van der Waals surface area contributed by atoms with Gasteiger partial charge in [0.15, 0.2) is 0 Å². The molecule has 11 heavy (non-hydrogen) atoms. The van der Waals surface area contributed by atoms with Gasteiger partial charge in [-0.3, -0.25) is 4.99 Å². The van der Waals surface area contributed by atoms with Gasteiger partial charge in [0.05, 0.1) is 11.4 Å². The molecule has 0 radical (unpaired) electrons. The first-order valence-corrected chi connectivity index (χ1v) is 3.65. The molecule has 0 aliphatic rings. The summed E-state index contributed by atoms with van der Waals surface area (Å²) in [5.41, 5.74) is 1.79. The lowest BCUT2D eigenvalue weighted by atomic mass is 9.87. The zero-order chi connectivity index (χ0) is 9.07. The topological polar surface area (TPSA) is 50.7 Å². The van der Waals surface area contributed by atoms with Crippen molar-refractivity contribution in [2.24, 2.45) is 21.4 Å². The average molecular weight is 155 g/mol. The number of hydrogen-bond acceptors (Lipinski definition) is 3. The Kier molecular flexibility index (Phi) is 3.23. The minimum atomic E-state index is 0.0295. The maximum Gasteiger partial charge on any atom is 0.0784 e. The quantitative estimate of drug-likeness (QED) is 0.347. The highest BCUT2D eigenvalue weighted by Gasteiger charge is 2.20. The Morgan fingerprint density at radius 1 is 1.27 bits per heavy atom. The molecule has 64 valence electrons. The van der Waals surface area contributed by atoms with Gasteiger partial charge in [-0.1, -0.05) is 20.8 Å². The van der Waals surface area contributed by atoms with Gasteiger partial charge in [-0.2, -0.15) is 5.10 Å². The Morgan fingerprint density at radius 3 is 1.82 bits per heavy atom. The van der Waals surface area contributed by atoms with E-state index < -0.39 is 0 Å². The van der Waals surface area contributed by atoms with Crippen LogP contribution in [0.3, 0.4) is 0 Å². The fourth-order valence-corrected chi connectivity index (χ4v) is 1.10. The Bertz CT molecular complexity index is 184. The summed E-state index contributed by atoms with van der Waals surface area (Å²) in [6.45, 7) is 8.13. The summed E-state index contributed by atoms with van der Waals surface area (Å²) in [5.74, 6) is 5.15. The molecule has 0 rings (SSSR count). The zero-order valence-electron chi connectivity index (χ0n) is 7.97. The number of nitrogens with zero attached hydrogens (tertiary/aromatic N) is 2. The Morgan fingerprint density at radius 2 is 1.73 bits per heavy atom. The van der Waals surface area contributed by atoms with E-state index in [2.05, 4.69) is 30.9 Å². The molecule has 0 aliphatic heterocycles. The molecule has 0 saturated heterocycles. The lowest BCUT2D eigenvalue weighted by Crippen LogP contribution is -2.27. The monoisotopic (exact) mass is 155 g/mol. The zero-order valence-corrected chi connectivity index (χ0v) is 7.97. The first-order valence-electron chi connectivity index (χ1n) is 3.65. The number of hydrogen-bond donors (Lipinski definition) is 1. The van der Waals surface area contributed by atoms with Crippen LogP contribution in [0.15, 0.2) is 10.1 Å². The number of nitrogens with two attached hydrogens (primary N) is 1. The standard InChI is InChI=1S/C8H17N3/c1-6(11-9)7(10-5)8(2,3)4/h9H2,1-5H3/b10-7?,11-6-. The summed E-state index contributed by atoms with van der Waals surface area (Å²) in [6.07, 6.45) is 0. The van der Waals surface area contributed by atoms with Crippen LogP contribution in [-0.2, 0) is 0 Å². The lowest BCUT2D eigenvalue weighted by Gasteiger charge is -2.20. The van der Waals surface area contributed by atoms with Crippen LogP contribution < -0.4 is 5.84 Å². The number of aliphatic imine (C=N–C) groups is 1. The molecule has 0 aromatic heterocycles. The van der Waals surface area contributed by atoms with E-state index in [-0.39, 0.29) is 5.41 Å². The minimum Gasteiger partial charge on any atom is -0.323 e. The molecule has 3 nitrogen and oxygen atoms in total. The first-order chi connectivity index (χ1) is 4.93. The molecule has 3 heteroatoms. The van der Waals surface area contributed by atoms with Crippen molar-refractivity contribution in [1.82, 2.24) is 0 Å². The van der Waals surface area contributed by atoms with Crippen molar-refractivity contribution in [1.29, 1.82) is 0 Å². The third-order valence-corrected chi connectivity index (χ3v) is 1.47. The van der Waals surface area contributed by atoms with Crippen LogP contribution in [0.4, 0.5) is 0 Å². The lowest BCUT2D eigenvalue weighted by molar-refractivity contribution is 0.596. The first kappa shape index (κ1) is 10.1. The third kappa shape index (κ3) is 2.70. The Labute approximate surface area is 68.4 Å². The number of rotatable bonds is 1. The van der Waals surface area contributed by atoms with E-state index >= 15 is 0 Å².